The Kier molecular flexibility index (Phi) is 3.22. The van der Waals surface area contributed by atoms with E-state index in [0.29, 0.717) is 13.1 Å². The van der Waals surface area contributed by atoms with Gasteiger partial charge in [0.1, 0.15) is 0 Å². The third-order valence-electron chi connectivity index (χ3n) is 2.46. The summed E-state index contributed by atoms with van der Waals surface area (Å²) in [5, 5.41) is 12.8. The lowest BCUT2D eigenvalue weighted by Gasteiger charge is -2.03. The predicted octanol–water partition coefficient (Wildman–Crippen LogP) is 1.73. The molecule has 1 heterocycles. The van der Waals surface area contributed by atoms with Gasteiger partial charge in [-0.25, -0.2) is 0 Å². The van der Waals surface area contributed by atoms with Crippen molar-refractivity contribution in [2.75, 3.05) is 6.54 Å². The fourth-order valence-corrected chi connectivity index (χ4v) is 1.64. The molecule has 1 aromatic carbocycles. The Morgan fingerprint density at radius 3 is 3.06 bits per heavy atom. The highest BCUT2D eigenvalue weighted by atomic mass is 16.4. The Morgan fingerprint density at radius 2 is 2.25 bits per heavy atom. The van der Waals surface area contributed by atoms with Crippen LogP contribution in [-0.2, 0) is 11.3 Å². The zero-order valence-corrected chi connectivity index (χ0v) is 8.86. The first-order valence-electron chi connectivity index (χ1n) is 5.24. The van der Waals surface area contributed by atoms with Crippen molar-refractivity contribution in [2.24, 2.45) is 0 Å². The topological polar surface area (TPSA) is 65.1 Å². The molecule has 1 aromatic heterocycles. The monoisotopic (exact) mass is 218 g/mol. The van der Waals surface area contributed by atoms with E-state index in [4.69, 9.17) is 5.11 Å². The van der Waals surface area contributed by atoms with Gasteiger partial charge in [0, 0.05) is 24.8 Å². The van der Waals surface area contributed by atoms with Crippen LogP contribution in [0, 0.1) is 0 Å². The van der Waals surface area contributed by atoms with Crippen LogP contribution in [0.1, 0.15) is 12.0 Å². The minimum absolute atomic E-state index is 0.159. The molecule has 0 saturated carbocycles. The maximum atomic E-state index is 10.3. The summed E-state index contributed by atoms with van der Waals surface area (Å²) in [5.41, 5.74) is 2.28. The number of carboxylic acids is 1. The maximum absolute atomic E-state index is 10.3. The molecule has 4 heteroatoms. The number of H-pyrrole nitrogens is 1. The number of aliphatic carboxylic acids is 1. The first kappa shape index (κ1) is 10.7. The van der Waals surface area contributed by atoms with Crippen molar-refractivity contribution in [2.45, 2.75) is 13.0 Å². The highest BCUT2D eigenvalue weighted by Gasteiger charge is 1.98. The van der Waals surface area contributed by atoms with E-state index in [-0.39, 0.29) is 6.42 Å². The summed E-state index contributed by atoms with van der Waals surface area (Å²) in [6.45, 7) is 1.20. The molecule has 0 saturated heterocycles. The van der Waals surface area contributed by atoms with Gasteiger partial charge >= 0.3 is 5.97 Å². The average Bonchev–Trinajstić information content (AvgIpc) is 2.71. The van der Waals surface area contributed by atoms with Crippen molar-refractivity contribution in [3.63, 3.8) is 0 Å². The van der Waals surface area contributed by atoms with Gasteiger partial charge in [-0.05, 0) is 29.1 Å². The van der Waals surface area contributed by atoms with Crippen LogP contribution in [0.4, 0.5) is 0 Å². The number of aromatic amines is 1. The number of hydrogen-bond acceptors (Lipinski definition) is 2. The fourth-order valence-electron chi connectivity index (χ4n) is 1.64. The maximum Gasteiger partial charge on any atom is 0.304 e. The molecular weight excluding hydrogens is 204 g/mol. The lowest BCUT2D eigenvalue weighted by Crippen LogP contribution is -2.17. The Morgan fingerprint density at radius 1 is 1.38 bits per heavy atom. The summed E-state index contributed by atoms with van der Waals surface area (Å²) in [6.07, 6.45) is 2.07. The highest BCUT2D eigenvalue weighted by molar-refractivity contribution is 5.79. The number of carboxylic acid groups (broad SMARTS) is 1. The molecule has 0 amide bonds. The van der Waals surface area contributed by atoms with Crippen LogP contribution >= 0.6 is 0 Å². The standard InChI is InChI=1S/C12H14N2O2/c15-12(16)4-5-13-8-9-1-2-11-10(7-9)3-6-14-11/h1-3,6-7,13-14H,4-5,8H2,(H,15,16). The van der Waals surface area contributed by atoms with E-state index < -0.39 is 5.97 Å². The molecule has 2 aromatic rings. The van der Waals surface area contributed by atoms with Crippen LogP contribution in [-0.4, -0.2) is 22.6 Å². The van der Waals surface area contributed by atoms with Gasteiger partial charge in [-0.3, -0.25) is 4.79 Å². The van der Waals surface area contributed by atoms with Gasteiger partial charge in [-0.1, -0.05) is 6.07 Å². The summed E-state index contributed by atoms with van der Waals surface area (Å²) < 4.78 is 0. The quantitative estimate of drug-likeness (QED) is 0.670. The molecule has 16 heavy (non-hydrogen) atoms. The number of hydrogen-bond donors (Lipinski definition) is 3. The van der Waals surface area contributed by atoms with Crippen molar-refractivity contribution in [1.29, 1.82) is 0 Å². The van der Waals surface area contributed by atoms with Gasteiger partial charge in [0.15, 0.2) is 0 Å². The lowest BCUT2D eigenvalue weighted by atomic mass is 10.1. The van der Waals surface area contributed by atoms with E-state index in [1.807, 2.05) is 24.4 Å². The summed E-state index contributed by atoms with van der Waals surface area (Å²) in [6, 6.07) is 8.19. The summed E-state index contributed by atoms with van der Waals surface area (Å²) >= 11 is 0. The summed E-state index contributed by atoms with van der Waals surface area (Å²) in [5.74, 6) is -0.770. The average molecular weight is 218 g/mol. The number of rotatable bonds is 5. The smallest absolute Gasteiger partial charge is 0.304 e. The molecule has 0 atom stereocenters. The second kappa shape index (κ2) is 4.81. The first-order valence-corrected chi connectivity index (χ1v) is 5.24. The molecule has 0 bridgehead atoms. The second-order valence-corrected chi connectivity index (χ2v) is 3.72. The molecule has 0 fully saturated rings. The van der Waals surface area contributed by atoms with E-state index in [1.165, 1.54) is 5.39 Å². The van der Waals surface area contributed by atoms with Crippen LogP contribution in [0.3, 0.4) is 0 Å². The Labute approximate surface area is 93.3 Å². The summed E-state index contributed by atoms with van der Waals surface area (Å²) in [7, 11) is 0. The fraction of sp³-hybridized carbons (Fsp3) is 0.250. The molecule has 4 nitrogen and oxygen atoms in total. The molecule has 0 aliphatic carbocycles. The number of nitrogens with one attached hydrogen (secondary N) is 2. The minimum atomic E-state index is -0.770. The zero-order valence-electron chi connectivity index (χ0n) is 8.86. The van der Waals surface area contributed by atoms with Crippen LogP contribution in [0.2, 0.25) is 0 Å². The van der Waals surface area contributed by atoms with Crippen LogP contribution < -0.4 is 5.32 Å². The number of aromatic nitrogens is 1. The van der Waals surface area contributed by atoms with Gasteiger partial charge in [-0.15, -0.1) is 0 Å². The van der Waals surface area contributed by atoms with Gasteiger partial charge < -0.3 is 15.4 Å². The van der Waals surface area contributed by atoms with Crippen LogP contribution in [0.15, 0.2) is 30.5 Å². The molecule has 0 radical (unpaired) electrons. The van der Waals surface area contributed by atoms with Crippen LogP contribution in [0.25, 0.3) is 10.9 Å². The Balaban J connectivity index is 1.91. The van der Waals surface area contributed by atoms with Gasteiger partial charge in [-0.2, -0.15) is 0 Å². The first-order chi connectivity index (χ1) is 7.75. The van der Waals surface area contributed by atoms with Crippen molar-refractivity contribution < 1.29 is 9.90 Å². The SMILES string of the molecule is O=C(O)CCNCc1ccc2[nH]ccc2c1. The van der Waals surface area contributed by atoms with Crippen molar-refractivity contribution in [1.82, 2.24) is 10.3 Å². The van der Waals surface area contributed by atoms with Crippen molar-refractivity contribution in [3.8, 4) is 0 Å². The molecule has 0 aliphatic heterocycles. The summed E-state index contributed by atoms with van der Waals surface area (Å²) in [4.78, 5) is 13.4. The van der Waals surface area contributed by atoms with E-state index >= 15 is 0 Å². The Hall–Kier alpha value is -1.81. The molecule has 3 N–H and O–H groups in total. The van der Waals surface area contributed by atoms with E-state index in [0.717, 1.165) is 11.1 Å². The van der Waals surface area contributed by atoms with Crippen molar-refractivity contribution in [3.05, 3.63) is 36.0 Å². The molecule has 0 unspecified atom stereocenters. The molecule has 84 valence electrons. The van der Waals surface area contributed by atoms with E-state index in [1.54, 1.807) is 0 Å². The normalized spacial score (nSPS) is 10.8. The highest BCUT2D eigenvalue weighted by Crippen LogP contribution is 2.13. The molecule has 2 rings (SSSR count). The number of benzene rings is 1. The zero-order chi connectivity index (χ0) is 11.4. The second-order valence-electron chi connectivity index (χ2n) is 3.72. The van der Waals surface area contributed by atoms with E-state index in [2.05, 4.69) is 16.4 Å². The molecular formula is C12H14N2O2. The third-order valence-corrected chi connectivity index (χ3v) is 2.46. The lowest BCUT2D eigenvalue weighted by molar-refractivity contribution is -0.136. The molecule has 0 spiro atoms. The number of fused-ring (bicyclic) bond motifs is 1. The van der Waals surface area contributed by atoms with E-state index in [9.17, 15) is 4.79 Å². The van der Waals surface area contributed by atoms with Crippen LogP contribution in [0.5, 0.6) is 0 Å². The van der Waals surface area contributed by atoms with Gasteiger partial charge in [0.05, 0.1) is 6.42 Å². The largest absolute Gasteiger partial charge is 0.481 e. The minimum Gasteiger partial charge on any atom is -0.481 e. The molecule has 0 aliphatic rings. The third kappa shape index (κ3) is 2.61. The Bertz CT molecular complexity index is 490. The van der Waals surface area contributed by atoms with Gasteiger partial charge in [0.2, 0.25) is 0 Å². The predicted molar refractivity (Wildman–Crippen MR) is 62.3 cm³/mol. The van der Waals surface area contributed by atoms with Crippen molar-refractivity contribution >= 4 is 16.9 Å². The number of carbonyl (C=O) groups is 1. The van der Waals surface area contributed by atoms with Gasteiger partial charge in [0.25, 0.3) is 0 Å².